The van der Waals surface area contributed by atoms with Crippen molar-refractivity contribution in [3.63, 3.8) is 0 Å². The molecule has 3 rings (SSSR count). The zero-order chi connectivity index (χ0) is 20.9. The Morgan fingerprint density at radius 1 is 1.03 bits per heavy atom. The van der Waals surface area contributed by atoms with Gasteiger partial charge in [-0.15, -0.1) is 23.7 Å². The van der Waals surface area contributed by atoms with Gasteiger partial charge < -0.3 is 20.7 Å². The van der Waals surface area contributed by atoms with Crippen LogP contribution in [0.1, 0.15) is 38.2 Å². The van der Waals surface area contributed by atoms with Crippen molar-refractivity contribution in [2.45, 2.75) is 44.6 Å². The molecular formula is C23H30ClNO4S. The molecular weight excluding hydrogens is 422 g/mol. The molecule has 0 unspecified atom stereocenters. The lowest BCUT2D eigenvalue weighted by Gasteiger charge is -2.24. The van der Waals surface area contributed by atoms with E-state index in [1.54, 1.807) is 11.3 Å². The lowest BCUT2D eigenvalue weighted by molar-refractivity contribution is 0.115. The Hall–Kier alpha value is -1.70. The lowest BCUT2D eigenvalue weighted by Crippen LogP contribution is -2.47. The third-order valence-electron chi connectivity index (χ3n) is 5.26. The first-order chi connectivity index (χ1) is 14.0. The SMILES string of the molecule is CCCCCOc1ccc2c(=O)c3cc(CCC(N)(CO)CO)ccc3sc2c1.Cl. The van der Waals surface area contributed by atoms with E-state index < -0.39 is 5.54 Å². The molecule has 164 valence electrons. The predicted octanol–water partition coefficient (Wildman–Crippen LogP) is 4.02. The fourth-order valence-electron chi connectivity index (χ4n) is 3.27. The number of halogens is 1. The molecule has 0 bridgehead atoms. The van der Waals surface area contributed by atoms with E-state index >= 15 is 0 Å². The molecule has 0 atom stereocenters. The number of fused-ring (bicyclic) bond motifs is 2. The van der Waals surface area contributed by atoms with Crippen molar-refractivity contribution >= 4 is 43.9 Å². The van der Waals surface area contributed by atoms with Crippen molar-refractivity contribution in [2.24, 2.45) is 5.73 Å². The fraction of sp³-hybridized carbons (Fsp3) is 0.435. The maximum atomic E-state index is 13.0. The second kappa shape index (κ2) is 11.1. The second-order valence-electron chi connectivity index (χ2n) is 7.65. The van der Waals surface area contributed by atoms with E-state index in [0.717, 1.165) is 40.0 Å². The summed E-state index contributed by atoms with van der Waals surface area (Å²) in [5.74, 6) is 0.799. The standard InChI is InChI=1S/C23H29NO4S.ClH/c1-2-3-4-11-28-17-6-7-18-21(13-17)29-20-8-5-16(12-19(20)22(18)27)9-10-23(24,14-25)15-26;/h5-8,12-13,25-26H,2-4,9-11,14-15,24H2,1H3;1H. The highest BCUT2D eigenvalue weighted by Crippen LogP contribution is 2.29. The van der Waals surface area contributed by atoms with Gasteiger partial charge >= 0.3 is 0 Å². The van der Waals surface area contributed by atoms with Crippen molar-refractivity contribution in [1.29, 1.82) is 0 Å². The van der Waals surface area contributed by atoms with Crippen molar-refractivity contribution in [1.82, 2.24) is 0 Å². The summed E-state index contributed by atoms with van der Waals surface area (Å²) in [4.78, 5) is 13.0. The van der Waals surface area contributed by atoms with Crippen LogP contribution in [0.4, 0.5) is 0 Å². The molecule has 0 spiro atoms. The Balaban J connectivity index is 0.00000320. The zero-order valence-corrected chi connectivity index (χ0v) is 18.9. The summed E-state index contributed by atoms with van der Waals surface area (Å²) < 4.78 is 7.67. The summed E-state index contributed by atoms with van der Waals surface area (Å²) in [7, 11) is 0. The molecule has 4 N–H and O–H groups in total. The van der Waals surface area contributed by atoms with E-state index in [-0.39, 0.29) is 31.0 Å². The molecule has 0 aliphatic carbocycles. The summed E-state index contributed by atoms with van der Waals surface area (Å²) in [6.07, 6.45) is 4.36. The van der Waals surface area contributed by atoms with Gasteiger partial charge in [-0.3, -0.25) is 4.79 Å². The monoisotopic (exact) mass is 451 g/mol. The van der Waals surface area contributed by atoms with Gasteiger partial charge in [0, 0.05) is 20.2 Å². The van der Waals surface area contributed by atoms with Gasteiger partial charge in [0.25, 0.3) is 0 Å². The first-order valence-electron chi connectivity index (χ1n) is 10.1. The van der Waals surface area contributed by atoms with Crippen LogP contribution in [-0.2, 0) is 6.42 Å². The Labute approximate surface area is 186 Å². The van der Waals surface area contributed by atoms with Gasteiger partial charge in [-0.25, -0.2) is 0 Å². The quantitative estimate of drug-likeness (QED) is 0.320. The van der Waals surface area contributed by atoms with E-state index in [1.807, 2.05) is 36.4 Å². The predicted molar refractivity (Wildman–Crippen MR) is 127 cm³/mol. The highest BCUT2D eigenvalue weighted by atomic mass is 35.5. The summed E-state index contributed by atoms with van der Waals surface area (Å²) in [6.45, 7) is 2.30. The lowest BCUT2D eigenvalue weighted by atomic mass is 9.93. The number of ether oxygens (including phenoxy) is 1. The average Bonchev–Trinajstić information content (AvgIpc) is 2.75. The van der Waals surface area contributed by atoms with Crippen LogP contribution in [-0.4, -0.2) is 35.6 Å². The number of aliphatic hydroxyl groups is 2. The molecule has 0 aliphatic rings. The van der Waals surface area contributed by atoms with Crippen LogP contribution >= 0.6 is 23.7 Å². The minimum Gasteiger partial charge on any atom is -0.494 e. The third-order valence-corrected chi connectivity index (χ3v) is 6.40. The Bertz CT molecular complexity index is 1030. The fourth-order valence-corrected chi connectivity index (χ4v) is 4.35. The van der Waals surface area contributed by atoms with Gasteiger partial charge in [0.05, 0.1) is 25.4 Å². The third kappa shape index (κ3) is 5.71. The minimum absolute atomic E-state index is 0. The van der Waals surface area contributed by atoms with Crippen molar-refractivity contribution in [3.05, 3.63) is 52.2 Å². The first-order valence-corrected chi connectivity index (χ1v) is 10.9. The van der Waals surface area contributed by atoms with Crippen LogP contribution in [0.2, 0.25) is 0 Å². The molecule has 1 heterocycles. The van der Waals surface area contributed by atoms with E-state index in [9.17, 15) is 15.0 Å². The van der Waals surface area contributed by atoms with Crippen LogP contribution in [0.5, 0.6) is 5.75 Å². The van der Waals surface area contributed by atoms with E-state index in [0.29, 0.717) is 30.2 Å². The second-order valence-corrected chi connectivity index (χ2v) is 8.74. The Morgan fingerprint density at radius 3 is 2.50 bits per heavy atom. The average molecular weight is 452 g/mol. The molecule has 3 aromatic rings. The van der Waals surface area contributed by atoms with Crippen LogP contribution < -0.4 is 15.9 Å². The highest BCUT2D eigenvalue weighted by Gasteiger charge is 2.22. The molecule has 0 amide bonds. The van der Waals surface area contributed by atoms with Crippen LogP contribution in [0.15, 0.2) is 41.2 Å². The van der Waals surface area contributed by atoms with Gasteiger partial charge in [0.2, 0.25) is 0 Å². The van der Waals surface area contributed by atoms with E-state index in [1.165, 1.54) is 0 Å². The molecule has 0 radical (unpaired) electrons. The molecule has 5 nitrogen and oxygen atoms in total. The number of benzene rings is 2. The molecule has 0 saturated carbocycles. The summed E-state index contributed by atoms with van der Waals surface area (Å²) in [5.41, 5.74) is 5.93. The van der Waals surface area contributed by atoms with Crippen molar-refractivity contribution in [2.75, 3.05) is 19.8 Å². The van der Waals surface area contributed by atoms with Gasteiger partial charge in [0.15, 0.2) is 5.43 Å². The summed E-state index contributed by atoms with van der Waals surface area (Å²) in [6, 6.07) is 11.5. The number of aliphatic hydroxyl groups excluding tert-OH is 2. The molecule has 2 aromatic carbocycles. The summed E-state index contributed by atoms with van der Waals surface area (Å²) in [5, 5.41) is 20.1. The van der Waals surface area contributed by atoms with E-state index in [2.05, 4.69) is 6.92 Å². The number of aryl methyl sites for hydroxylation is 1. The molecule has 1 aromatic heterocycles. The number of hydrogen-bond donors (Lipinski definition) is 3. The molecule has 30 heavy (non-hydrogen) atoms. The first kappa shape index (κ1) is 24.6. The van der Waals surface area contributed by atoms with Crippen LogP contribution in [0.3, 0.4) is 0 Å². The number of rotatable bonds is 10. The number of hydrogen-bond acceptors (Lipinski definition) is 6. The topological polar surface area (TPSA) is 92.8 Å². The Kier molecular flexibility index (Phi) is 9.07. The maximum absolute atomic E-state index is 13.0. The smallest absolute Gasteiger partial charge is 0.195 e. The highest BCUT2D eigenvalue weighted by molar-refractivity contribution is 7.24. The maximum Gasteiger partial charge on any atom is 0.195 e. The number of nitrogens with two attached hydrogens (primary N) is 1. The molecule has 0 aliphatic heterocycles. The molecule has 0 fully saturated rings. The van der Waals surface area contributed by atoms with Crippen LogP contribution in [0, 0.1) is 0 Å². The normalized spacial score (nSPS) is 11.6. The van der Waals surface area contributed by atoms with Crippen LogP contribution in [0.25, 0.3) is 20.2 Å². The van der Waals surface area contributed by atoms with Gasteiger partial charge in [-0.2, -0.15) is 0 Å². The largest absolute Gasteiger partial charge is 0.494 e. The van der Waals surface area contributed by atoms with Gasteiger partial charge in [-0.1, -0.05) is 25.8 Å². The minimum atomic E-state index is -1.01. The van der Waals surface area contributed by atoms with Gasteiger partial charge in [-0.05, 0) is 55.2 Å². The van der Waals surface area contributed by atoms with Gasteiger partial charge in [0.1, 0.15) is 5.75 Å². The Morgan fingerprint density at radius 2 is 1.80 bits per heavy atom. The molecule has 0 saturated heterocycles. The van der Waals surface area contributed by atoms with E-state index in [4.69, 9.17) is 10.5 Å². The summed E-state index contributed by atoms with van der Waals surface area (Å²) >= 11 is 1.58. The zero-order valence-electron chi connectivity index (χ0n) is 17.2. The van der Waals surface area contributed by atoms with Crippen molar-refractivity contribution < 1.29 is 14.9 Å². The number of unbranched alkanes of at least 4 members (excludes halogenated alkanes) is 2. The molecule has 7 heteroatoms. The van der Waals surface area contributed by atoms with Crippen molar-refractivity contribution in [3.8, 4) is 5.75 Å².